The first-order valence-electron chi connectivity index (χ1n) is 9.23. The lowest BCUT2D eigenvalue weighted by molar-refractivity contribution is 0.103. The maximum atomic E-state index is 14.7. The topological polar surface area (TPSA) is 48.3 Å². The number of benzene rings is 3. The molecule has 0 saturated carbocycles. The van der Waals surface area contributed by atoms with E-state index in [-0.39, 0.29) is 23.0 Å². The van der Waals surface area contributed by atoms with Crippen molar-refractivity contribution in [3.8, 4) is 5.75 Å². The van der Waals surface area contributed by atoms with E-state index in [2.05, 4.69) is 0 Å². The van der Waals surface area contributed by atoms with Gasteiger partial charge >= 0.3 is 0 Å². The van der Waals surface area contributed by atoms with Crippen LogP contribution in [-0.2, 0) is 6.54 Å². The normalized spacial score (nSPS) is 10.9. The number of aromatic nitrogens is 1. The summed E-state index contributed by atoms with van der Waals surface area (Å²) in [5.41, 5.74) is 0.162. The molecule has 4 rings (SSSR count). The Kier molecular flexibility index (Phi) is 5.14. The molecule has 1 heterocycles. The van der Waals surface area contributed by atoms with Gasteiger partial charge in [-0.15, -0.1) is 0 Å². The molecule has 4 aromatic rings. The minimum atomic E-state index is -0.880. The lowest BCUT2D eigenvalue weighted by Gasteiger charge is -2.15. The van der Waals surface area contributed by atoms with E-state index in [4.69, 9.17) is 4.74 Å². The van der Waals surface area contributed by atoms with Crippen LogP contribution in [0.2, 0.25) is 0 Å². The molecule has 0 bridgehead atoms. The van der Waals surface area contributed by atoms with E-state index in [9.17, 15) is 18.4 Å². The number of ketones is 1. The van der Waals surface area contributed by atoms with Crippen molar-refractivity contribution in [2.75, 3.05) is 7.11 Å². The molecule has 30 heavy (non-hydrogen) atoms. The van der Waals surface area contributed by atoms with E-state index in [0.29, 0.717) is 11.3 Å². The standard InChI is InChI=1S/C24H17F2NO3/c1-30-18-9-5-6-15(10-18)13-27-14-20(23(28)16-7-3-2-4-8-16)24(29)19-11-17(25)12-21(26)22(19)27/h2-12,14H,13H2,1H3. The zero-order valence-corrected chi connectivity index (χ0v) is 16.1. The van der Waals surface area contributed by atoms with Gasteiger partial charge in [0.2, 0.25) is 5.43 Å². The molecule has 6 heteroatoms. The minimum absolute atomic E-state index is 0.0613. The number of fused-ring (bicyclic) bond motifs is 1. The maximum absolute atomic E-state index is 14.7. The number of carbonyl (C=O) groups excluding carboxylic acids is 1. The molecule has 150 valence electrons. The molecule has 4 nitrogen and oxygen atoms in total. The molecule has 0 fully saturated rings. The van der Waals surface area contributed by atoms with Crippen molar-refractivity contribution in [2.24, 2.45) is 0 Å². The number of halogens is 2. The Morgan fingerprint density at radius 1 is 1.00 bits per heavy atom. The molecule has 0 spiro atoms. The largest absolute Gasteiger partial charge is 0.497 e. The van der Waals surface area contributed by atoms with Crippen molar-refractivity contribution in [3.63, 3.8) is 0 Å². The van der Waals surface area contributed by atoms with Crippen molar-refractivity contribution < 1.29 is 18.3 Å². The van der Waals surface area contributed by atoms with Gasteiger partial charge in [-0.05, 0) is 23.8 Å². The highest BCUT2D eigenvalue weighted by Crippen LogP contribution is 2.22. The molecule has 0 amide bonds. The molecular formula is C24H17F2NO3. The fourth-order valence-corrected chi connectivity index (χ4v) is 3.45. The highest BCUT2D eigenvalue weighted by molar-refractivity contribution is 6.10. The monoisotopic (exact) mass is 405 g/mol. The second kappa shape index (κ2) is 7.91. The van der Waals surface area contributed by atoms with Crippen molar-refractivity contribution in [2.45, 2.75) is 6.54 Å². The number of hydrogen-bond donors (Lipinski definition) is 0. The number of methoxy groups -OCH3 is 1. The number of nitrogens with zero attached hydrogens (tertiary/aromatic N) is 1. The first kappa shape index (κ1) is 19.5. The number of ether oxygens (including phenoxy) is 1. The zero-order chi connectivity index (χ0) is 21.3. The molecule has 3 aromatic carbocycles. The molecule has 0 atom stereocenters. The van der Waals surface area contributed by atoms with Gasteiger partial charge in [0.1, 0.15) is 11.6 Å². The lowest BCUT2D eigenvalue weighted by Crippen LogP contribution is -2.21. The van der Waals surface area contributed by atoms with Crippen LogP contribution in [0.3, 0.4) is 0 Å². The lowest BCUT2D eigenvalue weighted by atomic mass is 10.0. The summed E-state index contributed by atoms with van der Waals surface area (Å²) >= 11 is 0. The Bertz CT molecular complexity index is 1310. The first-order valence-corrected chi connectivity index (χ1v) is 9.23. The summed E-state index contributed by atoms with van der Waals surface area (Å²) in [6.07, 6.45) is 1.33. The van der Waals surface area contributed by atoms with E-state index in [0.717, 1.165) is 17.7 Å². The van der Waals surface area contributed by atoms with Gasteiger partial charge in [-0.1, -0.05) is 42.5 Å². The number of pyridine rings is 1. The van der Waals surface area contributed by atoms with Gasteiger partial charge in [0.25, 0.3) is 0 Å². The molecule has 0 aliphatic carbocycles. The quantitative estimate of drug-likeness (QED) is 0.457. The van der Waals surface area contributed by atoms with Crippen LogP contribution in [0.4, 0.5) is 8.78 Å². The van der Waals surface area contributed by atoms with E-state index < -0.39 is 22.8 Å². The van der Waals surface area contributed by atoms with Gasteiger partial charge in [0.15, 0.2) is 11.6 Å². The third-order valence-electron chi connectivity index (χ3n) is 4.86. The van der Waals surface area contributed by atoms with Crippen LogP contribution in [0.5, 0.6) is 5.75 Å². The summed E-state index contributed by atoms with van der Waals surface area (Å²) in [6.45, 7) is 0.158. The van der Waals surface area contributed by atoms with Crippen molar-refractivity contribution >= 4 is 16.7 Å². The summed E-state index contributed by atoms with van der Waals surface area (Å²) in [5.74, 6) is -1.64. The Balaban J connectivity index is 1.95. The second-order valence-corrected chi connectivity index (χ2v) is 6.83. The van der Waals surface area contributed by atoms with Gasteiger partial charge in [-0.3, -0.25) is 9.59 Å². The highest BCUT2D eigenvalue weighted by atomic mass is 19.1. The molecule has 0 unspecified atom stereocenters. The van der Waals surface area contributed by atoms with Crippen LogP contribution in [0.1, 0.15) is 21.5 Å². The van der Waals surface area contributed by atoms with Gasteiger partial charge in [0.05, 0.1) is 23.6 Å². The van der Waals surface area contributed by atoms with Gasteiger partial charge in [0, 0.05) is 24.4 Å². The number of carbonyl (C=O) groups is 1. The second-order valence-electron chi connectivity index (χ2n) is 6.83. The molecule has 0 aliphatic heterocycles. The summed E-state index contributed by atoms with van der Waals surface area (Å²) in [6, 6.07) is 17.1. The summed E-state index contributed by atoms with van der Waals surface area (Å²) < 4.78 is 35.3. The van der Waals surface area contributed by atoms with Crippen molar-refractivity contribution in [1.29, 1.82) is 0 Å². The van der Waals surface area contributed by atoms with E-state index in [1.165, 1.54) is 17.9 Å². The van der Waals surface area contributed by atoms with Crippen LogP contribution >= 0.6 is 0 Å². The number of rotatable bonds is 5. The molecule has 0 N–H and O–H groups in total. The smallest absolute Gasteiger partial charge is 0.200 e. The zero-order valence-electron chi connectivity index (χ0n) is 16.1. The number of hydrogen-bond acceptors (Lipinski definition) is 3. The fourth-order valence-electron chi connectivity index (χ4n) is 3.45. The third-order valence-corrected chi connectivity index (χ3v) is 4.86. The van der Waals surface area contributed by atoms with Crippen molar-refractivity contribution in [1.82, 2.24) is 4.57 Å². The fraction of sp³-hybridized carbons (Fsp3) is 0.0833. The van der Waals surface area contributed by atoms with Gasteiger partial charge in [-0.25, -0.2) is 8.78 Å². The van der Waals surface area contributed by atoms with E-state index in [1.807, 2.05) is 6.07 Å². The van der Waals surface area contributed by atoms with Gasteiger partial charge < -0.3 is 9.30 Å². The van der Waals surface area contributed by atoms with Crippen LogP contribution < -0.4 is 10.2 Å². The highest BCUT2D eigenvalue weighted by Gasteiger charge is 2.20. The molecular weight excluding hydrogens is 388 g/mol. The van der Waals surface area contributed by atoms with Gasteiger partial charge in [-0.2, -0.15) is 0 Å². The molecule has 1 aromatic heterocycles. The molecule has 0 radical (unpaired) electrons. The van der Waals surface area contributed by atoms with E-state index in [1.54, 1.807) is 48.5 Å². The van der Waals surface area contributed by atoms with Crippen LogP contribution in [0.15, 0.2) is 77.7 Å². The third kappa shape index (κ3) is 3.59. The van der Waals surface area contributed by atoms with Crippen LogP contribution in [-0.4, -0.2) is 17.5 Å². The average Bonchev–Trinajstić information content (AvgIpc) is 2.75. The predicted molar refractivity (Wildman–Crippen MR) is 110 cm³/mol. The predicted octanol–water partition coefficient (Wildman–Crippen LogP) is 4.57. The van der Waals surface area contributed by atoms with E-state index >= 15 is 0 Å². The summed E-state index contributed by atoms with van der Waals surface area (Å²) in [7, 11) is 1.53. The average molecular weight is 405 g/mol. The Morgan fingerprint density at radius 2 is 1.77 bits per heavy atom. The maximum Gasteiger partial charge on any atom is 0.200 e. The van der Waals surface area contributed by atoms with Crippen LogP contribution in [0.25, 0.3) is 10.9 Å². The molecule has 0 saturated heterocycles. The summed E-state index contributed by atoms with van der Waals surface area (Å²) in [4.78, 5) is 25.9. The Morgan fingerprint density at radius 3 is 2.50 bits per heavy atom. The van der Waals surface area contributed by atoms with Crippen LogP contribution in [0, 0.1) is 11.6 Å². The first-order chi connectivity index (χ1) is 14.5. The summed E-state index contributed by atoms with van der Waals surface area (Å²) in [5, 5.41) is -0.183. The Labute approximate surface area is 171 Å². The molecule has 0 aliphatic rings. The SMILES string of the molecule is COc1cccc(Cn2cc(C(=O)c3ccccc3)c(=O)c3cc(F)cc(F)c32)c1. The minimum Gasteiger partial charge on any atom is -0.497 e. The Hall–Kier alpha value is -3.80. The van der Waals surface area contributed by atoms with Crippen molar-refractivity contribution in [3.05, 3.63) is 111 Å².